The normalized spacial score (nSPS) is 21.8. The van der Waals surface area contributed by atoms with E-state index < -0.39 is 5.97 Å². The number of hydrogen-bond donors (Lipinski definition) is 1. The maximum atomic E-state index is 15.0. The van der Waals surface area contributed by atoms with Crippen LogP contribution in [0.25, 0.3) is 11.1 Å². The fourth-order valence-corrected chi connectivity index (χ4v) is 6.53. The maximum absolute atomic E-state index is 15.0. The van der Waals surface area contributed by atoms with Crippen LogP contribution in [0.4, 0.5) is 4.39 Å². The van der Waals surface area contributed by atoms with Gasteiger partial charge in [0.25, 0.3) is 0 Å². The Morgan fingerprint density at radius 2 is 1.92 bits per heavy atom. The third-order valence-corrected chi connectivity index (χ3v) is 8.70. The summed E-state index contributed by atoms with van der Waals surface area (Å²) in [6.45, 7) is 6.98. The fraction of sp³-hybridized carbons (Fsp3) is 0.438. The second kappa shape index (κ2) is 10.0. The van der Waals surface area contributed by atoms with Crippen LogP contribution in [0.15, 0.2) is 48.7 Å². The number of carbonyl (C=O) groups is 1. The molecule has 0 amide bonds. The van der Waals surface area contributed by atoms with E-state index in [1.165, 1.54) is 18.9 Å². The van der Waals surface area contributed by atoms with E-state index in [1.54, 1.807) is 6.07 Å². The molecule has 0 bridgehead atoms. The van der Waals surface area contributed by atoms with Crippen molar-refractivity contribution < 1.29 is 23.8 Å². The summed E-state index contributed by atoms with van der Waals surface area (Å²) < 4.78 is 26.5. The molecule has 1 heterocycles. The minimum absolute atomic E-state index is 0.108. The maximum Gasteiger partial charge on any atom is 0.304 e. The lowest BCUT2D eigenvalue weighted by molar-refractivity contribution is -0.138. The molecule has 1 aromatic heterocycles. The number of aryl methyl sites for hydroxylation is 1. The van der Waals surface area contributed by atoms with Gasteiger partial charge in [0.05, 0.1) is 19.7 Å². The molecule has 0 saturated heterocycles. The molecule has 5 rings (SSSR count). The zero-order valence-electron chi connectivity index (χ0n) is 22.6. The Kier molecular flexibility index (Phi) is 6.93. The molecular formula is C32H36FNO4. The van der Waals surface area contributed by atoms with Gasteiger partial charge in [0.2, 0.25) is 5.88 Å². The van der Waals surface area contributed by atoms with Crippen LogP contribution in [-0.4, -0.2) is 23.2 Å². The van der Waals surface area contributed by atoms with Crippen LogP contribution in [-0.2, 0) is 23.2 Å². The standard InChI is InChI=1S/C32H36FNO4/c1-31(2)12-5-6-26(31)24-14-20(7-10-23(24)25-16-29(37-4)34-18-28(25)33)19-38-22-9-8-21-11-13-32(3,17-30(35)36)27(21)15-22/h7-10,14-16,18,26H,5-6,11-13,17,19H2,1-4H3,(H,35,36)/t26-,32+/m1/s1. The van der Waals surface area contributed by atoms with Crippen molar-refractivity contribution >= 4 is 5.97 Å². The molecule has 1 saturated carbocycles. The van der Waals surface area contributed by atoms with Crippen LogP contribution >= 0.6 is 0 Å². The predicted molar refractivity (Wildman–Crippen MR) is 145 cm³/mol. The van der Waals surface area contributed by atoms with Gasteiger partial charge in [0, 0.05) is 17.0 Å². The van der Waals surface area contributed by atoms with Gasteiger partial charge >= 0.3 is 5.97 Å². The minimum atomic E-state index is -0.780. The first-order chi connectivity index (χ1) is 18.1. The van der Waals surface area contributed by atoms with Crippen molar-refractivity contribution in [1.82, 2.24) is 4.98 Å². The second-order valence-corrected chi connectivity index (χ2v) is 11.8. The Bertz CT molecular complexity index is 1370. The fourth-order valence-electron chi connectivity index (χ4n) is 6.53. The van der Waals surface area contributed by atoms with E-state index in [9.17, 15) is 14.3 Å². The van der Waals surface area contributed by atoms with Crippen molar-refractivity contribution in [1.29, 1.82) is 0 Å². The lowest BCUT2D eigenvalue weighted by atomic mass is 9.75. The summed E-state index contributed by atoms with van der Waals surface area (Å²) in [4.78, 5) is 15.5. The first-order valence-electron chi connectivity index (χ1n) is 13.4. The number of nitrogens with zero attached hydrogens (tertiary/aromatic N) is 1. The number of aliphatic carboxylic acids is 1. The van der Waals surface area contributed by atoms with Crippen molar-refractivity contribution in [3.63, 3.8) is 0 Å². The van der Waals surface area contributed by atoms with Crippen LogP contribution in [0.3, 0.4) is 0 Å². The number of ether oxygens (including phenoxy) is 2. The highest BCUT2D eigenvalue weighted by Gasteiger charge is 2.38. The number of rotatable bonds is 8. The number of hydrogen-bond acceptors (Lipinski definition) is 4. The Balaban J connectivity index is 1.46. The van der Waals surface area contributed by atoms with Crippen molar-refractivity contribution in [3.05, 3.63) is 76.7 Å². The van der Waals surface area contributed by atoms with E-state index in [1.807, 2.05) is 31.2 Å². The van der Waals surface area contributed by atoms with Gasteiger partial charge in [-0.25, -0.2) is 9.37 Å². The molecule has 38 heavy (non-hydrogen) atoms. The van der Waals surface area contributed by atoms with Crippen molar-refractivity contribution in [2.24, 2.45) is 5.41 Å². The molecule has 2 aliphatic rings. The monoisotopic (exact) mass is 517 g/mol. The molecule has 2 aromatic carbocycles. The van der Waals surface area contributed by atoms with Gasteiger partial charge < -0.3 is 14.6 Å². The third-order valence-electron chi connectivity index (χ3n) is 8.70. The highest BCUT2D eigenvalue weighted by molar-refractivity contribution is 5.71. The minimum Gasteiger partial charge on any atom is -0.489 e. The van der Waals surface area contributed by atoms with Gasteiger partial charge in [-0.15, -0.1) is 0 Å². The molecule has 0 spiro atoms. The van der Waals surface area contributed by atoms with Gasteiger partial charge in [0.1, 0.15) is 18.2 Å². The molecule has 1 N–H and O–H groups in total. The summed E-state index contributed by atoms with van der Waals surface area (Å²) in [6.07, 6.45) is 6.38. The van der Waals surface area contributed by atoms with E-state index in [0.29, 0.717) is 24.0 Å². The van der Waals surface area contributed by atoms with Gasteiger partial charge in [-0.05, 0) is 77.0 Å². The largest absolute Gasteiger partial charge is 0.489 e. The molecule has 5 nitrogen and oxygen atoms in total. The van der Waals surface area contributed by atoms with E-state index in [-0.39, 0.29) is 23.1 Å². The molecule has 200 valence electrons. The molecule has 0 unspecified atom stereocenters. The highest BCUT2D eigenvalue weighted by Crippen LogP contribution is 2.51. The third kappa shape index (κ3) is 5.01. The first kappa shape index (κ1) is 26.2. The number of benzene rings is 2. The van der Waals surface area contributed by atoms with E-state index in [4.69, 9.17) is 9.47 Å². The van der Waals surface area contributed by atoms with Crippen molar-refractivity contribution in [2.75, 3.05) is 7.11 Å². The number of aromatic nitrogens is 1. The average Bonchev–Trinajstić information content (AvgIpc) is 3.40. The number of carboxylic acid groups (broad SMARTS) is 1. The zero-order valence-corrected chi connectivity index (χ0v) is 22.6. The molecular weight excluding hydrogens is 481 g/mol. The van der Waals surface area contributed by atoms with Crippen LogP contribution in [0.1, 0.15) is 81.0 Å². The van der Waals surface area contributed by atoms with Gasteiger partial charge in [-0.3, -0.25) is 4.79 Å². The number of halogens is 1. The van der Waals surface area contributed by atoms with Gasteiger partial charge in [-0.2, -0.15) is 0 Å². The lowest BCUT2D eigenvalue weighted by Crippen LogP contribution is -2.22. The van der Waals surface area contributed by atoms with Gasteiger partial charge in [-0.1, -0.05) is 51.5 Å². The Morgan fingerprint density at radius 3 is 2.63 bits per heavy atom. The van der Waals surface area contributed by atoms with Gasteiger partial charge in [0.15, 0.2) is 0 Å². The Morgan fingerprint density at radius 1 is 1.11 bits per heavy atom. The van der Waals surface area contributed by atoms with Crippen molar-refractivity contribution in [3.8, 4) is 22.8 Å². The number of pyridine rings is 1. The summed E-state index contributed by atoms with van der Waals surface area (Å²) in [5, 5.41) is 9.42. The van der Waals surface area contributed by atoms with Crippen LogP contribution < -0.4 is 9.47 Å². The van der Waals surface area contributed by atoms with E-state index >= 15 is 0 Å². The summed E-state index contributed by atoms with van der Waals surface area (Å²) in [5.74, 6) is 0.274. The predicted octanol–water partition coefficient (Wildman–Crippen LogP) is 7.45. The molecule has 1 fully saturated rings. The number of methoxy groups -OCH3 is 1. The highest BCUT2D eigenvalue weighted by atomic mass is 19.1. The molecule has 0 aliphatic heterocycles. The van der Waals surface area contributed by atoms with E-state index in [2.05, 4.69) is 31.0 Å². The van der Waals surface area contributed by atoms with Crippen molar-refractivity contribution in [2.45, 2.75) is 77.2 Å². The first-order valence-corrected chi connectivity index (χ1v) is 13.4. The summed E-state index contributed by atoms with van der Waals surface area (Å²) in [7, 11) is 1.54. The number of fused-ring (bicyclic) bond motifs is 1. The summed E-state index contributed by atoms with van der Waals surface area (Å²) >= 11 is 0. The molecule has 6 heteroatoms. The summed E-state index contributed by atoms with van der Waals surface area (Å²) in [6, 6.07) is 13.9. The van der Waals surface area contributed by atoms with Crippen LogP contribution in [0.2, 0.25) is 0 Å². The SMILES string of the molecule is COc1cc(-c2ccc(COc3ccc4c(c3)[C@](C)(CC(=O)O)CC4)cc2[C@H]2CCCC2(C)C)c(F)cn1. The quantitative estimate of drug-likeness (QED) is 0.336. The Hall–Kier alpha value is -3.41. The van der Waals surface area contributed by atoms with Crippen LogP contribution in [0, 0.1) is 11.2 Å². The zero-order chi connectivity index (χ0) is 27.1. The number of carboxylic acids is 1. The molecule has 0 radical (unpaired) electrons. The Labute approximate surface area is 224 Å². The smallest absolute Gasteiger partial charge is 0.304 e. The second-order valence-electron chi connectivity index (χ2n) is 11.8. The molecule has 2 atom stereocenters. The summed E-state index contributed by atoms with van der Waals surface area (Å²) in [5.41, 5.74) is 5.52. The van der Waals surface area contributed by atoms with E-state index in [0.717, 1.165) is 60.1 Å². The lowest BCUT2D eigenvalue weighted by Gasteiger charge is -2.30. The molecule has 2 aliphatic carbocycles. The van der Waals surface area contributed by atoms with Crippen LogP contribution in [0.5, 0.6) is 11.6 Å². The molecule has 3 aromatic rings. The average molecular weight is 518 g/mol. The topological polar surface area (TPSA) is 68.7 Å².